The largest absolute Gasteiger partial charge is 0.365 e. The van der Waals surface area contributed by atoms with E-state index in [-0.39, 0.29) is 5.54 Å². The van der Waals surface area contributed by atoms with Crippen LogP contribution in [0.1, 0.15) is 33.6 Å². The standard InChI is InChI=1S/C16H28N6/c1-16(2,3)20-13-12-14(21-10-6-17-7-11-21)19-15(18-13)22-8-4-5-9-22/h12,17H,4-11H2,1-3H3,(H,18,19,20). The van der Waals surface area contributed by atoms with Crippen LogP contribution >= 0.6 is 0 Å². The summed E-state index contributed by atoms with van der Waals surface area (Å²) < 4.78 is 0. The number of aromatic nitrogens is 2. The molecule has 2 saturated heterocycles. The van der Waals surface area contributed by atoms with Crippen LogP contribution in [0.3, 0.4) is 0 Å². The molecule has 0 unspecified atom stereocenters. The highest BCUT2D eigenvalue weighted by atomic mass is 15.3. The van der Waals surface area contributed by atoms with Crippen molar-refractivity contribution in [3.8, 4) is 0 Å². The number of piperazine rings is 1. The maximum atomic E-state index is 4.84. The summed E-state index contributed by atoms with van der Waals surface area (Å²) >= 11 is 0. The molecule has 3 heterocycles. The van der Waals surface area contributed by atoms with Gasteiger partial charge in [0.1, 0.15) is 11.6 Å². The van der Waals surface area contributed by atoms with Crippen molar-refractivity contribution in [2.24, 2.45) is 0 Å². The van der Waals surface area contributed by atoms with Gasteiger partial charge in [-0.05, 0) is 33.6 Å². The van der Waals surface area contributed by atoms with Crippen LogP contribution in [-0.4, -0.2) is 54.8 Å². The van der Waals surface area contributed by atoms with Gasteiger partial charge in [0, 0.05) is 50.9 Å². The molecule has 6 nitrogen and oxygen atoms in total. The van der Waals surface area contributed by atoms with Crippen molar-refractivity contribution in [3.05, 3.63) is 6.07 Å². The molecule has 0 saturated carbocycles. The molecule has 2 aliphatic rings. The molecular formula is C16H28N6. The summed E-state index contributed by atoms with van der Waals surface area (Å²) in [6.07, 6.45) is 2.48. The molecule has 0 spiro atoms. The Labute approximate surface area is 133 Å². The molecule has 6 heteroatoms. The van der Waals surface area contributed by atoms with Crippen molar-refractivity contribution in [3.63, 3.8) is 0 Å². The summed E-state index contributed by atoms with van der Waals surface area (Å²) in [4.78, 5) is 14.3. The van der Waals surface area contributed by atoms with Crippen LogP contribution in [0.5, 0.6) is 0 Å². The summed E-state index contributed by atoms with van der Waals surface area (Å²) in [6, 6.07) is 2.09. The maximum Gasteiger partial charge on any atom is 0.229 e. The van der Waals surface area contributed by atoms with Crippen LogP contribution in [-0.2, 0) is 0 Å². The lowest BCUT2D eigenvalue weighted by atomic mass is 10.1. The van der Waals surface area contributed by atoms with E-state index in [9.17, 15) is 0 Å². The summed E-state index contributed by atoms with van der Waals surface area (Å²) in [7, 11) is 0. The Balaban J connectivity index is 1.89. The molecule has 0 aromatic carbocycles. The van der Waals surface area contributed by atoms with Gasteiger partial charge in [0.2, 0.25) is 5.95 Å². The fraction of sp³-hybridized carbons (Fsp3) is 0.750. The first-order chi connectivity index (χ1) is 10.5. The molecule has 1 aromatic rings. The maximum absolute atomic E-state index is 4.84. The lowest BCUT2D eigenvalue weighted by molar-refractivity contribution is 0.584. The highest BCUT2D eigenvalue weighted by molar-refractivity contribution is 5.55. The van der Waals surface area contributed by atoms with E-state index in [1.54, 1.807) is 0 Å². The SMILES string of the molecule is CC(C)(C)Nc1cc(N2CCNCC2)nc(N2CCCC2)n1. The zero-order valence-corrected chi connectivity index (χ0v) is 14.0. The van der Waals surface area contributed by atoms with Crippen LogP contribution < -0.4 is 20.4 Å². The van der Waals surface area contributed by atoms with E-state index >= 15 is 0 Å². The van der Waals surface area contributed by atoms with Crippen molar-refractivity contribution in [1.29, 1.82) is 0 Å². The minimum Gasteiger partial charge on any atom is -0.365 e. The molecule has 3 rings (SSSR count). The van der Waals surface area contributed by atoms with Crippen molar-refractivity contribution in [2.45, 2.75) is 39.2 Å². The van der Waals surface area contributed by atoms with Crippen molar-refractivity contribution < 1.29 is 0 Å². The second kappa shape index (κ2) is 6.28. The smallest absolute Gasteiger partial charge is 0.229 e. The van der Waals surface area contributed by atoms with E-state index in [2.05, 4.69) is 47.3 Å². The molecule has 0 amide bonds. The van der Waals surface area contributed by atoms with Gasteiger partial charge in [-0.2, -0.15) is 9.97 Å². The normalized spacial score (nSPS) is 19.6. The van der Waals surface area contributed by atoms with Gasteiger partial charge in [-0.15, -0.1) is 0 Å². The van der Waals surface area contributed by atoms with Gasteiger partial charge in [0.05, 0.1) is 0 Å². The third-order valence-electron chi connectivity index (χ3n) is 4.03. The number of anilines is 3. The first-order valence-electron chi connectivity index (χ1n) is 8.39. The van der Waals surface area contributed by atoms with Crippen LogP contribution in [0.15, 0.2) is 6.07 Å². The molecule has 2 N–H and O–H groups in total. The predicted molar refractivity (Wildman–Crippen MR) is 91.9 cm³/mol. The van der Waals surface area contributed by atoms with Gasteiger partial charge >= 0.3 is 0 Å². The number of nitrogens with zero attached hydrogens (tertiary/aromatic N) is 4. The summed E-state index contributed by atoms with van der Waals surface area (Å²) in [5, 5.41) is 6.90. The van der Waals surface area contributed by atoms with E-state index in [0.717, 1.165) is 56.9 Å². The minimum absolute atomic E-state index is 0.00262. The van der Waals surface area contributed by atoms with Crippen molar-refractivity contribution >= 4 is 17.6 Å². The second-order valence-electron chi connectivity index (χ2n) is 7.22. The first-order valence-corrected chi connectivity index (χ1v) is 8.39. The third kappa shape index (κ3) is 3.80. The van der Waals surface area contributed by atoms with Crippen LogP contribution in [0.25, 0.3) is 0 Å². The minimum atomic E-state index is -0.00262. The lowest BCUT2D eigenvalue weighted by Gasteiger charge is -2.30. The lowest BCUT2D eigenvalue weighted by Crippen LogP contribution is -2.44. The Bertz CT molecular complexity index is 498. The number of nitrogens with one attached hydrogen (secondary N) is 2. The van der Waals surface area contributed by atoms with Gasteiger partial charge in [0.15, 0.2) is 0 Å². The molecule has 0 bridgehead atoms. The van der Waals surface area contributed by atoms with Gasteiger partial charge in [-0.1, -0.05) is 0 Å². The average Bonchev–Trinajstić information content (AvgIpc) is 3.00. The molecule has 2 fully saturated rings. The number of hydrogen-bond donors (Lipinski definition) is 2. The fourth-order valence-corrected chi connectivity index (χ4v) is 2.98. The number of hydrogen-bond acceptors (Lipinski definition) is 6. The Hall–Kier alpha value is -1.56. The zero-order valence-electron chi connectivity index (χ0n) is 14.0. The van der Waals surface area contributed by atoms with Crippen LogP contribution in [0.4, 0.5) is 17.6 Å². The summed E-state index contributed by atoms with van der Waals surface area (Å²) in [5.74, 6) is 2.85. The first kappa shape index (κ1) is 15.3. The average molecular weight is 304 g/mol. The number of rotatable bonds is 3. The molecule has 0 aliphatic carbocycles. The molecular weight excluding hydrogens is 276 g/mol. The molecule has 22 heavy (non-hydrogen) atoms. The predicted octanol–water partition coefficient (Wildman–Crippen LogP) is 1.70. The Morgan fingerprint density at radius 3 is 2.32 bits per heavy atom. The quantitative estimate of drug-likeness (QED) is 0.886. The van der Waals surface area contributed by atoms with E-state index in [4.69, 9.17) is 9.97 Å². The zero-order chi connectivity index (χ0) is 15.6. The van der Waals surface area contributed by atoms with Gasteiger partial charge < -0.3 is 20.4 Å². The van der Waals surface area contributed by atoms with Gasteiger partial charge in [-0.25, -0.2) is 0 Å². The molecule has 0 radical (unpaired) electrons. The van der Waals surface area contributed by atoms with Crippen LogP contribution in [0.2, 0.25) is 0 Å². The Morgan fingerprint density at radius 2 is 1.68 bits per heavy atom. The van der Waals surface area contributed by atoms with Crippen molar-refractivity contribution in [1.82, 2.24) is 15.3 Å². The van der Waals surface area contributed by atoms with E-state index in [0.29, 0.717) is 0 Å². The van der Waals surface area contributed by atoms with E-state index < -0.39 is 0 Å². The topological polar surface area (TPSA) is 56.3 Å². The third-order valence-corrected chi connectivity index (χ3v) is 4.03. The molecule has 0 atom stereocenters. The van der Waals surface area contributed by atoms with E-state index in [1.165, 1.54) is 12.8 Å². The second-order valence-corrected chi connectivity index (χ2v) is 7.22. The monoisotopic (exact) mass is 304 g/mol. The highest BCUT2D eigenvalue weighted by Crippen LogP contribution is 2.25. The summed E-state index contributed by atoms with van der Waals surface area (Å²) in [5.41, 5.74) is -0.00262. The molecule has 122 valence electrons. The van der Waals surface area contributed by atoms with Gasteiger partial charge in [0.25, 0.3) is 0 Å². The summed E-state index contributed by atoms with van der Waals surface area (Å²) in [6.45, 7) is 12.7. The van der Waals surface area contributed by atoms with E-state index in [1.807, 2.05) is 0 Å². The van der Waals surface area contributed by atoms with Crippen molar-refractivity contribution in [2.75, 3.05) is 54.4 Å². The highest BCUT2D eigenvalue weighted by Gasteiger charge is 2.21. The Morgan fingerprint density at radius 1 is 1.00 bits per heavy atom. The molecule has 2 aliphatic heterocycles. The Kier molecular flexibility index (Phi) is 4.38. The van der Waals surface area contributed by atoms with Gasteiger partial charge in [-0.3, -0.25) is 0 Å². The van der Waals surface area contributed by atoms with Crippen LogP contribution in [0, 0.1) is 0 Å². The fourth-order valence-electron chi connectivity index (χ4n) is 2.98. The molecule has 1 aromatic heterocycles.